The minimum atomic E-state index is -3.36. The average molecular weight is 435 g/mol. The van der Waals surface area contributed by atoms with Gasteiger partial charge in [0.2, 0.25) is 0 Å². The van der Waals surface area contributed by atoms with Crippen LogP contribution in [0, 0.1) is 0 Å². The first-order valence-corrected chi connectivity index (χ1v) is 23.5. The van der Waals surface area contributed by atoms with Gasteiger partial charge < -0.3 is 0 Å². The first-order chi connectivity index (χ1) is 9.53. The Kier molecular flexibility index (Phi) is 3.92. The number of allylic oxidation sites excluding steroid dienone is 8. The molecule has 114 valence electrons. The molecule has 3 rings (SSSR count). The minimum absolute atomic E-state index is 1.03. The van der Waals surface area contributed by atoms with Gasteiger partial charge in [0.1, 0.15) is 0 Å². The normalized spacial score (nSPS) is 29.0. The molecule has 0 unspecified atom stereocenters. The quantitative estimate of drug-likeness (QED) is 0.396. The summed E-state index contributed by atoms with van der Waals surface area (Å²) in [5, 5.41) is 3.34. The van der Waals surface area contributed by atoms with Crippen molar-refractivity contribution in [1.29, 1.82) is 0 Å². The Morgan fingerprint density at radius 2 is 1.14 bits per heavy atom. The van der Waals surface area contributed by atoms with E-state index in [4.69, 9.17) is 17.0 Å². The molecule has 0 aromatic rings. The third kappa shape index (κ3) is 2.07. The summed E-state index contributed by atoms with van der Waals surface area (Å²) in [5.74, 6) is 0. The van der Waals surface area contributed by atoms with Crippen molar-refractivity contribution >= 4 is 32.2 Å². The van der Waals surface area contributed by atoms with Gasteiger partial charge in [-0.05, 0) is 0 Å². The van der Waals surface area contributed by atoms with Gasteiger partial charge in [-0.3, -0.25) is 0 Å². The van der Waals surface area contributed by atoms with Crippen LogP contribution >= 0.6 is 17.0 Å². The van der Waals surface area contributed by atoms with E-state index >= 15 is 0 Å². The molecule has 2 aliphatic carbocycles. The Hall–Kier alpha value is 0.857. The zero-order chi connectivity index (χ0) is 15.8. The molecule has 0 aromatic heterocycles. The molecular weight excluding hydrogens is 410 g/mol. The maximum atomic E-state index is 7.20. The first-order valence-electron chi connectivity index (χ1n) is 7.73. The van der Waals surface area contributed by atoms with E-state index in [0.717, 1.165) is 12.8 Å². The van der Waals surface area contributed by atoms with Crippen LogP contribution in [0.5, 0.6) is 0 Å². The van der Waals surface area contributed by atoms with Gasteiger partial charge in [-0.1, -0.05) is 0 Å². The molecule has 0 fully saturated rings. The fourth-order valence-electron chi connectivity index (χ4n) is 4.51. The molecule has 0 amide bonds. The molecule has 21 heavy (non-hydrogen) atoms. The van der Waals surface area contributed by atoms with Gasteiger partial charge in [-0.25, -0.2) is 0 Å². The Balaban J connectivity index is 2.37. The molecular formula is C16H24Cl2Si2Zr. The van der Waals surface area contributed by atoms with E-state index in [2.05, 4.69) is 52.2 Å². The maximum absolute atomic E-state index is 7.20. The number of rotatable bonds is 0. The molecule has 0 radical (unpaired) electrons. The number of halogens is 2. The van der Waals surface area contributed by atoms with Crippen LogP contribution in [0.1, 0.15) is 26.7 Å². The van der Waals surface area contributed by atoms with E-state index in [0.29, 0.717) is 0 Å². The van der Waals surface area contributed by atoms with E-state index in [1.807, 2.05) is 0 Å². The van der Waals surface area contributed by atoms with Crippen LogP contribution in [0.4, 0.5) is 0 Å². The van der Waals surface area contributed by atoms with Crippen molar-refractivity contribution in [2.45, 2.75) is 52.9 Å². The Morgan fingerprint density at radius 1 is 0.810 bits per heavy atom. The van der Waals surface area contributed by atoms with Crippen LogP contribution in [0.15, 0.2) is 40.3 Å². The summed E-state index contributed by atoms with van der Waals surface area (Å²) in [4.78, 5) is 0. The van der Waals surface area contributed by atoms with Gasteiger partial charge in [0.05, 0.1) is 0 Å². The number of hydrogen-bond acceptors (Lipinski definition) is 0. The fraction of sp³-hybridized carbons (Fsp3) is 0.500. The van der Waals surface area contributed by atoms with Gasteiger partial charge in [0.25, 0.3) is 0 Å². The van der Waals surface area contributed by atoms with Crippen molar-refractivity contribution < 1.29 is 17.9 Å². The molecule has 1 aliphatic heterocycles. The summed E-state index contributed by atoms with van der Waals surface area (Å²) < 4.78 is 3.02. The molecule has 0 saturated heterocycles. The van der Waals surface area contributed by atoms with Crippen LogP contribution in [-0.2, 0) is 17.9 Å². The Labute approximate surface area is 142 Å². The van der Waals surface area contributed by atoms with E-state index in [1.165, 1.54) is 17.7 Å². The third-order valence-corrected chi connectivity index (χ3v) is 36.7. The molecule has 3 aliphatic rings. The summed E-state index contributed by atoms with van der Waals surface area (Å²) in [6.07, 6.45) is 6.84. The zero-order valence-electron chi connectivity index (χ0n) is 13.8. The van der Waals surface area contributed by atoms with E-state index < -0.39 is 33.1 Å². The molecule has 0 saturated carbocycles. The zero-order valence-corrected chi connectivity index (χ0v) is 19.8. The van der Waals surface area contributed by atoms with Crippen molar-refractivity contribution in [3.05, 3.63) is 40.3 Å². The molecule has 5 heteroatoms. The average Bonchev–Trinajstić information content (AvgIpc) is 2.91. The number of hydrogen-bond donors (Lipinski definition) is 0. The van der Waals surface area contributed by atoms with Gasteiger partial charge in [-0.2, -0.15) is 0 Å². The van der Waals surface area contributed by atoms with Crippen LogP contribution in [0.2, 0.25) is 26.2 Å². The van der Waals surface area contributed by atoms with Crippen LogP contribution in [0.25, 0.3) is 0 Å². The van der Waals surface area contributed by atoms with Crippen molar-refractivity contribution in [2.24, 2.45) is 0 Å². The van der Waals surface area contributed by atoms with Crippen LogP contribution < -0.4 is 0 Å². The first kappa shape index (κ1) is 16.7. The second-order valence-corrected chi connectivity index (χ2v) is 36.4. The van der Waals surface area contributed by atoms with Crippen molar-refractivity contribution in [2.75, 3.05) is 0 Å². The molecule has 0 nitrogen and oxygen atoms in total. The van der Waals surface area contributed by atoms with E-state index in [9.17, 15) is 0 Å². The van der Waals surface area contributed by atoms with Crippen molar-refractivity contribution in [1.82, 2.24) is 0 Å². The van der Waals surface area contributed by atoms with E-state index in [-0.39, 0.29) is 0 Å². The molecule has 0 spiro atoms. The van der Waals surface area contributed by atoms with Gasteiger partial charge in [0.15, 0.2) is 0 Å². The Morgan fingerprint density at radius 3 is 1.48 bits per heavy atom. The molecule has 0 aromatic carbocycles. The molecule has 1 heterocycles. The fourth-order valence-corrected chi connectivity index (χ4v) is 35.3. The predicted molar refractivity (Wildman–Crippen MR) is 97.5 cm³/mol. The van der Waals surface area contributed by atoms with Gasteiger partial charge in [0, 0.05) is 0 Å². The van der Waals surface area contributed by atoms with Crippen molar-refractivity contribution in [3.63, 3.8) is 0 Å². The standard InChI is InChI=1S/C16H24Si2.2ClH.Zr/c1-13-9-7-11-15(13)17(3,4)18(5,6)16-12-8-10-14(16)2;;;/h9-10H,7-8H2,1-6H3;2*1H;/q;;;+2/p-2. The predicted octanol–water partition coefficient (Wildman–Crippen LogP) is 6.24. The SMILES string of the molecule is CC1=CC[C]2=C1[Si](C)(C)[Si](C)(C)C1=[C](CC=C1C)[Zr]2([Cl])[Cl]. The summed E-state index contributed by atoms with van der Waals surface area (Å²) in [5.41, 5.74) is 2.99. The summed E-state index contributed by atoms with van der Waals surface area (Å²) in [6, 6.07) is 0. The van der Waals surface area contributed by atoms with Crippen LogP contribution in [-0.4, -0.2) is 15.2 Å². The summed E-state index contributed by atoms with van der Waals surface area (Å²) in [6.45, 7) is 14.9. The van der Waals surface area contributed by atoms with Crippen LogP contribution in [0.3, 0.4) is 0 Å². The van der Waals surface area contributed by atoms with Gasteiger partial charge in [-0.15, -0.1) is 0 Å². The van der Waals surface area contributed by atoms with Gasteiger partial charge >= 0.3 is 143 Å². The topological polar surface area (TPSA) is 0 Å². The Bertz CT molecular complexity index is 608. The molecule has 0 N–H and O–H groups in total. The second-order valence-electron chi connectivity index (χ2n) is 7.71. The summed E-state index contributed by atoms with van der Waals surface area (Å²) in [7, 11) is 11.3. The summed E-state index contributed by atoms with van der Waals surface area (Å²) >= 11 is -3.36. The third-order valence-electron chi connectivity index (χ3n) is 6.19. The molecule has 0 bridgehead atoms. The van der Waals surface area contributed by atoms with E-state index in [1.54, 1.807) is 10.4 Å². The second kappa shape index (κ2) is 4.93. The monoisotopic (exact) mass is 432 g/mol. The molecule has 0 atom stereocenters. The van der Waals surface area contributed by atoms with Crippen molar-refractivity contribution in [3.8, 4) is 0 Å².